The largest absolute Gasteiger partial charge is 0.494 e. The van der Waals surface area contributed by atoms with E-state index >= 15 is 0 Å². The average Bonchev–Trinajstić information content (AvgIpc) is 2.43. The molecule has 0 radical (unpaired) electrons. The first-order valence-electron chi connectivity index (χ1n) is 7.03. The molecule has 0 aliphatic rings. The molecular formula is C16H22O4. The molecular weight excluding hydrogens is 256 g/mol. The molecule has 1 aromatic rings. The summed E-state index contributed by atoms with van der Waals surface area (Å²) in [5, 5.41) is 0. The number of unbranched alkanes of at least 4 members (excludes halogenated alkanes) is 2. The molecule has 0 aliphatic heterocycles. The Bertz CT molecular complexity index is 440. The molecule has 0 aliphatic carbocycles. The third-order valence-corrected chi connectivity index (χ3v) is 2.84. The minimum atomic E-state index is -0.137. The van der Waals surface area contributed by atoms with Gasteiger partial charge in [-0.1, -0.05) is 12.1 Å². The standard InChI is InChI=1S/C16H22O4/c1-3-19-16(18)10-5-4-6-11-20-15-9-7-8-14(12-15)13(2)17/h7-9,12H,3-6,10-11H2,1-2H3. The van der Waals surface area contributed by atoms with E-state index in [0.29, 0.717) is 30.9 Å². The third kappa shape index (κ3) is 6.36. The van der Waals surface area contributed by atoms with Crippen LogP contribution in [0.4, 0.5) is 0 Å². The van der Waals surface area contributed by atoms with Crippen molar-refractivity contribution in [3.05, 3.63) is 29.8 Å². The summed E-state index contributed by atoms with van der Waals surface area (Å²) in [6.45, 7) is 4.37. The molecule has 4 heteroatoms. The molecule has 0 saturated heterocycles. The highest BCUT2D eigenvalue weighted by molar-refractivity contribution is 5.94. The zero-order valence-electron chi connectivity index (χ0n) is 12.2. The molecule has 110 valence electrons. The Morgan fingerprint density at radius 1 is 1.15 bits per heavy atom. The number of ether oxygens (including phenoxy) is 2. The fraction of sp³-hybridized carbons (Fsp3) is 0.500. The molecule has 0 atom stereocenters. The highest BCUT2D eigenvalue weighted by Crippen LogP contribution is 2.14. The molecule has 0 saturated carbocycles. The maximum Gasteiger partial charge on any atom is 0.305 e. The van der Waals surface area contributed by atoms with E-state index in [1.807, 2.05) is 12.1 Å². The minimum Gasteiger partial charge on any atom is -0.494 e. The van der Waals surface area contributed by atoms with Gasteiger partial charge in [0.2, 0.25) is 0 Å². The van der Waals surface area contributed by atoms with E-state index in [-0.39, 0.29) is 11.8 Å². The average molecular weight is 278 g/mol. The predicted molar refractivity (Wildman–Crippen MR) is 77.0 cm³/mol. The number of Topliss-reactive ketones (excluding diaryl/α,β-unsaturated/α-hetero) is 1. The topological polar surface area (TPSA) is 52.6 Å². The fourth-order valence-corrected chi connectivity index (χ4v) is 1.78. The van der Waals surface area contributed by atoms with Crippen LogP contribution in [0.1, 0.15) is 49.9 Å². The lowest BCUT2D eigenvalue weighted by Gasteiger charge is -2.07. The van der Waals surface area contributed by atoms with E-state index in [1.165, 1.54) is 6.92 Å². The van der Waals surface area contributed by atoms with Crippen LogP contribution in [-0.2, 0) is 9.53 Å². The van der Waals surface area contributed by atoms with E-state index in [1.54, 1.807) is 19.1 Å². The molecule has 0 amide bonds. The second-order valence-electron chi connectivity index (χ2n) is 4.55. The summed E-state index contributed by atoms with van der Waals surface area (Å²) >= 11 is 0. The van der Waals surface area contributed by atoms with Gasteiger partial charge in [-0.25, -0.2) is 0 Å². The second-order valence-corrected chi connectivity index (χ2v) is 4.55. The van der Waals surface area contributed by atoms with Crippen molar-refractivity contribution >= 4 is 11.8 Å². The molecule has 0 aromatic heterocycles. The summed E-state index contributed by atoms with van der Waals surface area (Å²) in [7, 11) is 0. The van der Waals surface area contributed by atoms with Gasteiger partial charge < -0.3 is 9.47 Å². The van der Waals surface area contributed by atoms with Crippen LogP contribution in [0.15, 0.2) is 24.3 Å². The highest BCUT2D eigenvalue weighted by atomic mass is 16.5. The quantitative estimate of drug-likeness (QED) is 0.395. The summed E-state index contributed by atoms with van der Waals surface area (Å²) in [4.78, 5) is 22.3. The van der Waals surface area contributed by atoms with E-state index in [0.717, 1.165) is 19.3 Å². The zero-order valence-corrected chi connectivity index (χ0v) is 12.2. The predicted octanol–water partition coefficient (Wildman–Crippen LogP) is 3.39. The molecule has 0 heterocycles. The van der Waals surface area contributed by atoms with Gasteiger partial charge in [0.05, 0.1) is 13.2 Å². The first-order chi connectivity index (χ1) is 9.63. The van der Waals surface area contributed by atoms with Gasteiger partial charge in [0.1, 0.15) is 5.75 Å². The Morgan fingerprint density at radius 2 is 1.95 bits per heavy atom. The number of carbonyl (C=O) groups is 2. The number of hydrogen-bond donors (Lipinski definition) is 0. The van der Waals surface area contributed by atoms with Crippen LogP contribution in [-0.4, -0.2) is 25.0 Å². The first-order valence-corrected chi connectivity index (χ1v) is 7.03. The van der Waals surface area contributed by atoms with Gasteiger partial charge >= 0.3 is 5.97 Å². The van der Waals surface area contributed by atoms with Crippen molar-refractivity contribution in [3.63, 3.8) is 0 Å². The van der Waals surface area contributed by atoms with Crippen LogP contribution in [0.2, 0.25) is 0 Å². The molecule has 1 rings (SSSR count). The van der Waals surface area contributed by atoms with Gasteiger partial charge in [0, 0.05) is 12.0 Å². The Morgan fingerprint density at radius 3 is 2.65 bits per heavy atom. The van der Waals surface area contributed by atoms with Crippen LogP contribution in [0.3, 0.4) is 0 Å². The second kappa shape index (κ2) is 9.13. The van der Waals surface area contributed by atoms with E-state index in [9.17, 15) is 9.59 Å². The number of esters is 1. The van der Waals surface area contributed by atoms with Gasteiger partial charge in [-0.3, -0.25) is 9.59 Å². The van der Waals surface area contributed by atoms with Crippen molar-refractivity contribution < 1.29 is 19.1 Å². The smallest absolute Gasteiger partial charge is 0.305 e. The van der Waals surface area contributed by atoms with Gasteiger partial charge in [-0.15, -0.1) is 0 Å². The number of rotatable bonds is 9. The molecule has 0 fully saturated rings. The normalized spacial score (nSPS) is 10.1. The van der Waals surface area contributed by atoms with Crippen molar-refractivity contribution in [2.75, 3.05) is 13.2 Å². The van der Waals surface area contributed by atoms with E-state index in [4.69, 9.17) is 9.47 Å². The molecule has 0 bridgehead atoms. The maximum absolute atomic E-state index is 11.2. The van der Waals surface area contributed by atoms with Gasteiger partial charge in [-0.05, 0) is 45.2 Å². The summed E-state index contributed by atoms with van der Waals surface area (Å²) in [5.41, 5.74) is 0.657. The third-order valence-electron chi connectivity index (χ3n) is 2.84. The van der Waals surface area contributed by atoms with E-state index < -0.39 is 0 Å². The van der Waals surface area contributed by atoms with Gasteiger partial charge in [0.15, 0.2) is 5.78 Å². The molecule has 0 spiro atoms. The zero-order chi connectivity index (χ0) is 14.8. The van der Waals surface area contributed by atoms with Crippen molar-refractivity contribution in [2.24, 2.45) is 0 Å². The Labute approximate surface area is 120 Å². The summed E-state index contributed by atoms with van der Waals surface area (Å²) in [6.07, 6.45) is 3.08. The fourth-order valence-electron chi connectivity index (χ4n) is 1.78. The van der Waals surface area contributed by atoms with Crippen LogP contribution in [0.5, 0.6) is 5.75 Å². The van der Waals surface area contributed by atoms with Crippen LogP contribution in [0.25, 0.3) is 0 Å². The molecule has 0 unspecified atom stereocenters. The van der Waals surface area contributed by atoms with E-state index in [2.05, 4.69) is 0 Å². The van der Waals surface area contributed by atoms with Crippen molar-refractivity contribution in [2.45, 2.75) is 39.5 Å². The number of hydrogen-bond acceptors (Lipinski definition) is 4. The first kappa shape index (κ1) is 16.2. The maximum atomic E-state index is 11.2. The Kier molecular flexibility index (Phi) is 7.40. The molecule has 4 nitrogen and oxygen atoms in total. The summed E-state index contributed by atoms with van der Waals surface area (Å²) in [6, 6.07) is 7.17. The summed E-state index contributed by atoms with van der Waals surface area (Å²) < 4.78 is 10.4. The van der Waals surface area contributed by atoms with Gasteiger partial charge in [-0.2, -0.15) is 0 Å². The van der Waals surface area contributed by atoms with Crippen molar-refractivity contribution in [1.29, 1.82) is 0 Å². The van der Waals surface area contributed by atoms with Crippen molar-refractivity contribution in [3.8, 4) is 5.75 Å². The minimum absolute atomic E-state index is 0.0323. The Balaban J connectivity index is 2.17. The van der Waals surface area contributed by atoms with Crippen LogP contribution < -0.4 is 4.74 Å². The Hall–Kier alpha value is -1.84. The summed E-state index contributed by atoms with van der Waals surface area (Å²) in [5.74, 6) is 0.607. The molecule has 0 N–H and O–H groups in total. The number of carbonyl (C=O) groups excluding carboxylic acids is 2. The lowest BCUT2D eigenvalue weighted by molar-refractivity contribution is -0.143. The molecule has 20 heavy (non-hydrogen) atoms. The highest BCUT2D eigenvalue weighted by Gasteiger charge is 2.02. The molecule has 1 aromatic carbocycles. The van der Waals surface area contributed by atoms with Crippen LogP contribution in [0, 0.1) is 0 Å². The lowest BCUT2D eigenvalue weighted by atomic mass is 10.1. The van der Waals surface area contributed by atoms with Crippen molar-refractivity contribution in [1.82, 2.24) is 0 Å². The lowest BCUT2D eigenvalue weighted by Crippen LogP contribution is -2.04. The SMILES string of the molecule is CCOC(=O)CCCCCOc1cccc(C(C)=O)c1. The van der Waals surface area contributed by atoms with Crippen LogP contribution >= 0.6 is 0 Å². The monoisotopic (exact) mass is 278 g/mol. The number of ketones is 1. The van der Waals surface area contributed by atoms with Gasteiger partial charge in [0.25, 0.3) is 0 Å². The number of benzene rings is 1.